The van der Waals surface area contributed by atoms with Crippen LogP contribution in [0.2, 0.25) is 0 Å². The molecule has 1 atom stereocenters. The molecule has 0 saturated carbocycles. The Morgan fingerprint density at radius 1 is 1.09 bits per heavy atom. The molecule has 2 aliphatic heterocycles. The molecule has 3 amide bonds. The van der Waals surface area contributed by atoms with Gasteiger partial charge in [0.15, 0.2) is 0 Å². The minimum Gasteiger partial charge on any atom is -0.353 e. The summed E-state index contributed by atoms with van der Waals surface area (Å²) in [5.74, 6) is -0.666. The van der Waals surface area contributed by atoms with E-state index < -0.39 is 15.9 Å². The van der Waals surface area contributed by atoms with Gasteiger partial charge in [-0.25, -0.2) is 8.42 Å². The minimum absolute atomic E-state index is 0.0390. The van der Waals surface area contributed by atoms with Gasteiger partial charge in [0.25, 0.3) is 0 Å². The van der Waals surface area contributed by atoms with E-state index in [1.807, 2.05) is 0 Å². The molecule has 0 bridgehead atoms. The highest BCUT2D eigenvalue weighted by Gasteiger charge is 2.38. The largest absolute Gasteiger partial charge is 0.353 e. The van der Waals surface area contributed by atoms with E-state index in [0.717, 1.165) is 0 Å². The lowest BCUT2D eigenvalue weighted by Crippen LogP contribution is -2.48. The van der Waals surface area contributed by atoms with Crippen molar-refractivity contribution < 1.29 is 22.8 Å². The van der Waals surface area contributed by atoms with Gasteiger partial charge in [-0.15, -0.1) is 0 Å². The molecule has 3 rings (SSSR count). The van der Waals surface area contributed by atoms with Gasteiger partial charge in [0.05, 0.1) is 10.8 Å². The summed E-state index contributed by atoms with van der Waals surface area (Å²) in [4.78, 5) is 40.3. The molecule has 0 radical (unpaired) electrons. The van der Waals surface area contributed by atoms with Crippen LogP contribution >= 0.6 is 0 Å². The second-order valence-electron chi connectivity index (χ2n) is 8.29. The lowest BCUT2D eigenvalue weighted by molar-refractivity contribution is -0.137. The van der Waals surface area contributed by atoms with E-state index in [9.17, 15) is 22.8 Å². The fraction of sp³-hybridized carbons (Fsp3) is 0.591. The highest BCUT2D eigenvalue weighted by molar-refractivity contribution is 7.89. The number of amides is 3. The highest BCUT2D eigenvalue weighted by Crippen LogP contribution is 2.28. The van der Waals surface area contributed by atoms with Crippen molar-refractivity contribution in [2.45, 2.75) is 51.0 Å². The molecule has 32 heavy (non-hydrogen) atoms. The van der Waals surface area contributed by atoms with Crippen molar-refractivity contribution in [3.63, 3.8) is 0 Å². The summed E-state index contributed by atoms with van der Waals surface area (Å²) in [5, 5.41) is 2.89. The molecule has 176 valence electrons. The number of hydrogen-bond donors (Lipinski definition) is 1. The van der Waals surface area contributed by atoms with Gasteiger partial charge in [0.2, 0.25) is 27.7 Å². The molecule has 10 heteroatoms. The number of likely N-dealkylation sites (tertiary alicyclic amines) is 1. The monoisotopic (exact) mass is 464 g/mol. The normalized spacial score (nSPS) is 20.1. The quantitative estimate of drug-likeness (QED) is 0.653. The van der Waals surface area contributed by atoms with Crippen molar-refractivity contribution in [1.29, 1.82) is 0 Å². The van der Waals surface area contributed by atoms with E-state index in [1.54, 1.807) is 35.8 Å². The van der Waals surface area contributed by atoms with Crippen LogP contribution in [0.3, 0.4) is 0 Å². The Bertz CT molecular complexity index is 951. The summed E-state index contributed by atoms with van der Waals surface area (Å²) in [6, 6.07) is 6.36. The zero-order valence-corrected chi connectivity index (χ0v) is 19.7. The van der Waals surface area contributed by atoms with Crippen molar-refractivity contribution in [2.75, 3.05) is 37.6 Å². The van der Waals surface area contributed by atoms with Crippen molar-refractivity contribution in [1.82, 2.24) is 14.5 Å². The first kappa shape index (κ1) is 24.2. The molecule has 2 saturated heterocycles. The number of carbonyl (C=O) groups excluding carboxylic acids is 3. The molecule has 1 aromatic rings. The van der Waals surface area contributed by atoms with E-state index in [-0.39, 0.29) is 41.6 Å². The Labute approximate surface area is 189 Å². The summed E-state index contributed by atoms with van der Waals surface area (Å²) in [7, 11) is -3.56. The number of nitrogens with zero attached hydrogens (tertiary/aromatic N) is 3. The molecule has 1 aromatic carbocycles. The highest BCUT2D eigenvalue weighted by atomic mass is 32.2. The number of hydrogen-bond acceptors (Lipinski definition) is 5. The number of piperidine rings is 1. The summed E-state index contributed by atoms with van der Waals surface area (Å²) in [5.41, 5.74) is 0.591. The fourth-order valence-electron chi connectivity index (χ4n) is 4.42. The summed E-state index contributed by atoms with van der Waals surface area (Å²) in [6.07, 6.45) is 1.56. The summed E-state index contributed by atoms with van der Waals surface area (Å²) >= 11 is 0. The second-order valence-corrected chi connectivity index (χ2v) is 10.2. The SMILES string of the molecule is CCN(CC)S(=O)(=O)c1ccc(N2CC(C(=O)N3CCC(NC(C)=O)CC3)CC2=O)cc1. The lowest BCUT2D eigenvalue weighted by Gasteiger charge is -2.33. The first-order valence-corrected chi connectivity index (χ1v) is 12.6. The Kier molecular flexibility index (Phi) is 7.55. The van der Waals surface area contributed by atoms with Crippen LogP contribution in [-0.2, 0) is 24.4 Å². The van der Waals surface area contributed by atoms with E-state index in [2.05, 4.69) is 5.32 Å². The van der Waals surface area contributed by atoms with E-state index >= 15 is 0 Å². The number of anilines is 1. The minimum atomic E-state index is -3.56. The van der Waals surface area contributed by atoms with Gasteiger partial charge in [0, 0.05) is 57.8 Å². The van der Waals surface area contributed by atoms with Gasteiger partial charge in [-0.3, -0.25) is 14.4 Å². The van der Waals surface area contributed by atoms with Gasteiger partial charge in [-0.1, -0.05) is 13.8 Å². The first-order valence-electron chi connectivity index (χ1n) is 11.1. The third-order valence-electron chi connectivity index (χ3n) is 6.18. The van der Waals surface area contributed by atoms with E-state index in [0.29, 0.717) is 44.7 Å². The number of sulfonamides is 1. The van der Waals surface area contributed by atoms with Crippen LogP contribution in [0.25, 0.3) is 0 Å². The maximum atomic E-state index is 13.0. The van der Waals surface area contributed by atoms with Crippen molar-refractivity contribution in [3.8, 4) is 0 Å². The van der Waals surface area contributed by atoms with Gasteiger partial charge in [-0.2, -0.15) is 4.31 Å². The Hall–Kier alpha value is -2.46. The lowest BCUT2D eigenvalue weighted by atomic mass is 10.0. The zero-order valence-electron chi connectivity index (χ0n) is 18.9. The molecule has 0 spiro atoms. The molecule has 9 nitrogen and oxygen atoms in total. The number of rotatable bonds is 7. The topological polar surface area (TPSA) is 107 Å². The molecule has 1 unspecified atom stereocenters. The van der Waals surface area contributed by atoms with Crippen LogP contribution in [0.15, 0.2) is 29.2 Å². The van der Waals surface area contributed by atoms with Crippen LogP contribution in [0.5, 0.6) is 0 Å². The molecule has 0 aliphatic carbocycles. The maximum Gasteiger partial charge on any atom is 0.243 e. The van der Waals surface area contributed by atoms with Crippen LogP contribution in [-0.4, -0.2) is 74.1 Å². The Balaban J connectivity index is 1.63. The maximum absolute atomic E-state index is 13.0. The standard InChI is InChI=1S/C22H32N4O5S/c1-4-25(5-2)32(30,31)20-8-6-19(7-9-20)26-15-17(14-21(26)28)22(29)24-12-10-18(11-13-24)23-16(3)27/h6-9,17-18H,4-5,10-15H2,1-3H3,(H,23,27). The molecular formula is C22H32N4O5S. The van der Waals surface area contributed by atoms with Crippen molar-refractivity contribution >= 4 is 33.4 Å². The number of benzene rings is 1. The molecule has 1 N–H and O–H groups in total. The number of carbonyl (C=O) groups is 3. The first-order chi connectivity index (χ1) is 15.2. The third-order valence-corrected chi connectivity index (χ3v) is 8.24. The second kappa shape index (κ2) is 9.99. The average molecular weight is 465 g/mol. The van der Waals surface area contributed by atoms with Crippen LogP contribution in [0.4, 0.5) is 5.69 Å². The Morgan fingerprint density at radius 3 is 2.22 bits per heavy atom. The Morgan fingerprint density at radius 2 is 1.69 bits per heavy atom. The van der Waals surface area contributed by atoms with Gasteiger partial charge in [0.1, 0.15) is 0 Å². The summed E-state index contributed by atoms with van der Waals surface area (Å²) in [6.45, 7) is 7.25. The predicted octanol–water partition coefficient (Wildman–Crippen LogP) is 1.20. The van der Waals surface area contributed by atoms with Crippen LogP contribution in [0.1, 0.15) is 40.0 Å². The van der Waals surface area contributed by atoms with Crippen LogP contribution in [0, 0.1) is 5.92 Å². The van der Waals surface area contributed by atoms with Gasteiger partial charge in [-0.05, 0) is 37.1 Å². The van der Waals surface area contributed by atoms with Gasteiger partial charge >= 0.3 is 0 Å². The smallest absolute Gasteiger partial charge is 0.243 e. The molecular weight excluding hydrogens is 432 g/mol. The van der Waals surface area contributed by atoms with Crippen LogP contribution < -0.4 is 10.2 Å². The van der Waals surface area contributed by atoms with Crippen molar-refractivity contribution in [2.24, 2.45) is 5.92 Å². The molecule has 2 aliphatic rings. The van der Waals surface area contributed by atoms with E-state index in [1.165, 1.54) is 23.4 Å². The number of nitrogens with one attached hydrogen (secondary N) is 1. The summed E-state index contributed by atoms with van der Waals surface area (Å²) < 4.78 is 26.7. The van der Waals surface area contributed by atoms with Gasteiger partial charge < -0.3 is 15.1 Å². The molecule has 2 fully saturated rings. The van der Waals surface area contributed by atoms with E-state index in [4.69, 9.17) is 0 Å². The molecule has 2 heterocycles. The fourth-order valence-corrected chi connectivity index (χ4v) is 5.88. The molecule has 0 aromatic heterocycles. The van der Waals surface area contributed by atoms with Crippen molar-refractivity contribution in [3.05, 3.63) is 24.3 Å². The zero-order chi connectivity index (χ0) is 23.5. The predicted molar refractivity (Wildman–Crippen MR) is 120 cm³/mol. The average Bonchev–Trinajstić information content (AvgIpc) is 3.15. The third kappa shape index (κ3) is 5.12.